The number of amides is 1. The van der Waals surface area contributed by atoms with Crippen molar-refractivity contribution in [3.63, 3.8) is 0 Å². The molecule has 2 aromatic carbocycles. The summed E-state index contributed by atoms with van der Waals surface area (Å²) in [5.41, 5.74) is 8.40. The van der Waals surface area contributed by atoms with E-state index in [-0.39, 0.29) is 5.91 Å². The molecule has 0 unspecified atom stereocenters. The molecule has 43 heavy (non-hydrogen) atoms. The first kappa shape index (κ1) is 35.3. The van der Waals surface area contributed by atoms with Gasteiger partial charge in [0.25, 0.3) is 0 Å². The third-order valence-corrected chi connectivity index (χ3v) is 6.52. The molecule has 0 radical (unpaired) electrons. The Kier molecular flexibility index (Phi) is 12.7. The van der Waals surface area contributed by atoms with Gasteiger partial charge < -0.3 is 26.2 Å². The van der Waals surface area contributed by atoms with E-state index in [1.165, 1.54) is 5.39 Å². The Hall–Kier alpha value is -3.92. The van der Waals surface area contributed by atoms with Gasteiger partial charge >= 0.3 is 24.3 Å². The Morgan fingerprint density at radius 2 is 1.47 bits per heavy atom. The summed E-state index contributed by atoms with van der Waals surface area (Å²) in [6.45, 7) is 1.48. The molecule has 1 saturated heterocycles. The zero-order chi connectivity index (χ0) is 32.4. The van der Waals surface area contributed by atoms with E-state index in [1.54, 1.807) is 0 Å². The first-order valence-electron chi connectivity index (χ1n) is 12.5. The smallest absolute Gasteiger partial charge is 0.475 e. The summed E-state index contributed by atoms with van der Waals surface area (Å²) in [7, 11) is 0. The Bertz CT molecular complexity index is 1360. The number of nitrogens with one attached hydrogen (secondary N) is 1. The third-order valence-electron chi connectivity index (χ3n) is 5.99. The van der Waals surface area contributed by atoms with Crippen molar-refractivity contribution < 1.29 is 50.9 Å². The second kappa shape index (κ2) is 15.5. The molecule has 0 spiro atoms. The predicted molar refractivity (Wildman–Crippen MR) is 148 cm³/mol. The van der Waals surface area contributed by atoms with Crippen LogP contribution in [-0.4, -0.2) is 75.5 Å². The molecule has 2 heterocycles. The van der Waals surface area contributed by atoms with Crippen LogP contribution in [0.2, 0.25) is 0 Å². The van der Waals surface area contributed by atoms with Gasteiger partial charge in [-0.05, 0) is 60.5 Å². The first-order chi connectivity index (χ1) is 20.0. The van der Waals surface area contributed by atoms with E-state index < -0.39 is 30.3 Å². The van der Waals surface area contributed by atoms with E-state index in [9.17, 15) is 31.1 Å². The van der Waals surface area contributed by atoms with Crippen molar-refractivity contribution in [2.75, 3.05) is 18.4 Å². The number of nitrogens with two attached hydrogens (primary N) is 1. The topological polar surface area (TPSA) is 146 Å². The monoisotopic (exact) mass is 680 g/mol. The maximum absolute atomic E-state index is 12.7. The quantitative estimate of drug-likeness (QED) is 0.268. The van der Waals surface area contributed by atoms with Crippen LogP contribution in [0.25, 0.3) is 10.8 Å². The van der Waals surface area contributed by atoms with E-state index >= 15 is 0 Å². The highest BCUT2D eigenvalue weighted by Gasteiger charge is 2.38. The van der Waals surface area contributed by atoms with E-state index in [2.05, 4.69) is 44.4 Å². The highest BCUT2D eigenvalue weighted by atomic mass is 79.9. The number of fused-ring (bicyclic) bond motifs is 1. The van der Waals surface area contributed by atoms with Crippen molar-refractivity contribution in [1.82, 2.24) is 9.88 Å². The molecule has 0 bridgehead atoms. The van der Waals surface area contributed by atoms with Crippen molar-refractivity contribution in [2.45, 2.75) is 43.7 Å². The molecule has 5 N–H and O–H groups in total. The molecule has 3 aromatic rings. The molecular weight excluding hydrogens is 654 g/mol. The number of halogens is 7. The number of aromatic nitrogens is 1. The first-order valence-corrected chi connectivity index (χ1v) is 13.3. The van der Waals surface area contributed by atoms with E-state index in [0.29, 0.717) is 12.5 Å². The van der Waals surface area contributed by atoms with Crippen molar-refractivity contribution in [1.29, 1.82) is 0 Å². The second-order valence-electron chi connectivity index (χ2n) is 9.22. The average molecular weight is 681 g/mol. The van der Waals surface area contributed by atoms with Gasteiger partial charge in [-0.2, -0.15) is 26.3 Å². The lowest BCUT2D eigenvalue weighted by Gasteiger charge is -2.34. The van der Waals surface area contributed by atoms with Crippen molar-refractivity contribution in [3.8, 4) is 0 Å². The number of carboxylic acid groups (broad SMARTS) is 2. The lowest BCUT2D eigenvalue weighted by molar-refractivity contribution is -0.193. The second-order valence-corrected chi connectivity index (χ2v) is 10.1. The average Bonchev–Trinajstić information content (AvgIpc) is 2.94. The van der Waals surface area contributed by atoms with Crippen LogP contribution in [0.1, 0.15) is 18.4 Å². The number of carbonyl (C=O) groups is 3. The highest BCUT2D eigenvalue weighted by Crippen LogP contribution is 2.22. The Balaban J connectivity index is 0.000000384. The van der Waals surface area contributed by atoms with Gasteiger partial charge in [-0.3, -0.25) is 9.78 Å². The van der Waals surface area contributed by atoms with Crippen LogP contribution in [0.4, 0.5) is 32.0 Å². The van der Waals surface area contributed by atoms with Gasteiger partial charge in [0.05, 0.1) is 6.04 Å². The lowest BCUT2D eigenvalue weighted by Crippen LogP contribution is -2.49. The molecular formula is C27H27BrF6N4O5. The molecule has 0 aliphatic carbocycles. The van der Waals surface area contributed by atoms with Crippen LogP contribution < -0.4 is 11.1 Å². The number of likely N-dealkylation sites (tertiary alicyclic amines) is 1. The fraction of sp³-hybridized carbons (Fsp3) is 0.333. The minimum atomic E-state index is -5.08. The van der Waals surface area contributed by atoms with Crippen LogP contribution in [0, 0.1) is 0 Å². The van der Waals surface area contributed by atoms with Crippen molar-refractivity contribution >= 4 is 50.2 Å². The minimum absolute atomic E-state index is 0.0459. The van der Waals surface area contributed by atoms with Crippen molar-refractivity contribution in [3.05, 3.63) is 71.0 Å². The molecule has 1 aliphatic heterocycles. The largest absolute Gasteiger partial charge is 0.490 e. The van der Waals surface area contributed by atoms with E-state index in [0.717, 1.165) is 47.0 Å². The standard InChI is InChI=1S/C23H25BrN4O.2C2HF3O2/c24-19-4-1-16(2-5-19)13-22(25)23(29)28-11-8-20(9-12-28)27-21-6-3-18-15-26-10-7-17(18)14-21;2*3-2(4,5)1(6)7/h1-7,10,14-15,20,22,27H,8-9,11-13,25H2;2*(H,6,7)/t22-;;/m0../s1. The molecule has 1 aliphatic rings. The lowest BCUT2D eigenvalue weighted by atomic mass is 10.0. The van der Waals surface area contributed by atoms with Crippen molar-refractivity contribution in [2.24, 2.45) is 5.73 Å². The number of pyridine rings is 1. The zero-order valence-corrected chi connectivity index (χ0v) is 23.8. The summed E-state index contributed by atoms with van der Waals surface area (Å²) < 4.78 is 64.5. The summed E-state index contributed by atoms with van der Waals surface area (Å²) in [4.78, 5) is 36.6. The number of carboxylic acids is 2. The van der Waals surface area contributed by atoms with E-state index in [4.69, 9.17) is 25.5 Å². The molecule has 1 atom stereocenters. The number of benzene rings is 2. The molecule has 0 saturated carbocycles. The van der Waals surface area contributed by atoms with Gasteiger partial charge in [0.1, 0.15) is 0 Å². The van der Waals surface area contributed by atoms with Crippen LogP contribution in [-0.2, 0) is 20.8 Å². The maximum Gasteiger partial charge on any atom is 0.490 e. The SMILES string of the molecule is N[C@@H](Cc1ccc(Br)cc1)C(=O)N1CCC(Nc2ccc3cnccc3c2)CC1.O=C(O)C(F)(F)F.O=C(O)C(F)(F)F. The molecule has 1 aromatic heterocycles. The molecule has 16 heteroatoms. The summed E-state index contributed by atoms with van der Waals surface area (Å²) >= 11 is 3.43. The number of aliphatic carboxylic acids is 2. The molecule has 1 fully saturated rings. The molecule has 234 valence electrons. The van der Waals surface area contributed by atoms with Gasteiger partial charge in [-0.25, -0.2) is 9.59 Å². The minimum Gasteiger partial charge on any atom is -0.475 e. The molecule has 9 nitrogen and oxygen atoms in total. The summed E-state index contributed by atoms with van der Waals surface area (Å²) in [5, 5.41) is 20.2. The number of alkyl halides is 6. The Morgan fingerprint density at radius 1 is 0.930 bits per heavy atom. The van der Waals surface area contributed by atoms with Gasteiger partial charge in [0.15, 0.2) is 0 Å². The van der Waals surface area contributed by atoms with Crippen LogP contribution in [0.5, 0.6) is 0 Å². The number of hydrogen-bond acceptors (Lipinski definition) is 6. The molecule has 1 amide bonds. The normalized spacial score (nSPS) is 14.5. The number of rotatable bonds is 5. The fourth-order valence-electron chi connectivity index (χ4n) is 3.85. The van der Waals surface area contributed by atoms with E-state index in [1.807, 2.05) is 47.6 Å². The van der Waals surface area contributed by atoms with Crippen LogP contribution in [0.3, 0.4) is 0 Å². The third kappa shape index (κ3) is 12.1. The van der Waals surface area contributed by atoms with Gasteiger partial charge in [-0.15, -0.1) is 0 Å². The number of piperidine rings is 1. The number of anilines is 1. The van der Waals surface area contributed by atoms with Gasteiger partial charge in [0.2, 0.25) is 5.91 Å². The highest BCUT2D eigenvalue weighted by molar-refractivity contribution is 9.10. The van der Waals surface area contributed by atoms with Gasteiger partial charge in [0, 0.05) is 47.1 Å². The Labute approximate surface area is 249 Å². The fourth-order valence-corrected chi connectivity index (χ4v) is 4.11. The Morgan fingerprint density at radius 3 is 1.98 bits per heavy atom. The van der Waals surface area contributed by atoms with Crippen LogP contribution >= 0.6 is 15.9 Å². The predicted octanol–water partition coefficient (Wildman–Crippen LogP) is 5.24. The maximum atomic E-state index is 12.7. The number of hydrogen-bond donors (Lipinski definition) is 4. The zero-order valence-electron chi connectivity index (χ0n) is 22.2. The summed E-state index contributed by atoms with van der Waals surface area (Å²) in [5.74, 6) is -5.47. The molecule has 4 rings (SSSR count). The summed E-state index contributed by atoms with van der Waals surface area (Å²) in [6.07, 6.45) is -4.07. The number of nitrogens with zero attached hydrogens (tertiary/aromatic N) is 2. The van der Waals surface area contributed by atoms with Gasteiger partial charge in [-0.1, -0.05) is 34.1 Å². The summed E-state index contributed by atoms with van der Waals surface area (Å²) in [6, 6.07) is 16.2. The number of carbonyl (C=O) groups excluding carboxylic acids is 1. The van der Waals surface area contributed by atoms with Crippen LogP contribution in [0.15, 0.2) is 65.4 Å².